The highest BCUT2D eigenvalue weighted by molar-refractivity contribution is 7.25. The van der Waals surface area contributed by atoms with Crippen molar-refractivity contribution in [3.63, 3.8) is 0 Å². The Hall–Kier alpha value is -6.77. The standard InChI is InChI=1S/C43H25N7S/c1-3-12-36-29(10-1)31-20-28(49-38-13-7-19-46-42(38)33-21-32-30-11-2-4-14-40(30)51-41(32)23-39(33)49)15-16-37(31)50(36)43-47-34(26-8-5-17-44-24-26)22-35(48-43)27-9-6-18-45-25-27/h1-25H. The van der Waals surface area contributed by atoms with Crippen LogP contribution in [-0.4, -0.2) is 34.1 Å². The van der Waals surface area contributed by atoms with E-state index in [2.05, 4.69) is 104 Å². The quantitative estimate of drug-likeness (QED) is 0.186. The van der Waals surface area contributed by atoms with Crippen molar-refractivity contribution in [1.82, 2.24) is 34.1 Å². The molecule has 0 bridgehead atoms. The first-order chi connectivity index (χ1) is 25.3. The molecule has 0 radical (unpaired) electrons. The smallest absolute Gasteiger partial charge is 0.235 e. The molecule has 7 aromatic heterocycles. The van der Waals surface area contributed by atoms with Crippen LogP contribution in [-0.2, 0) is 0 Å². The van der Waals surface area contributed by atoms with Gasteiger partial charge in [0.15, 0.2) is 0 Å². The summed E-state index contributed by atoms with van der Waals surface area (Å²) in [4.78, 5) is 24.0. The third kappa shape index (κ3) is 4.27. The lowest BCUT2D eigenvalue weighted by Gasteiger charge is -2.12. The van der Waals surface area contributed by atoms with Gasteiger partial charge in [-0.1, -0.05) is 36.4 Å². The summed E-state index contributed by atoms with van der Waals surface area (Å²) >= 11 is 1.84. The van der Waals surface area contributed by atoms with E-state index >= 15 is 0 Å². The van der Waals surface area contributed by atoms with Crippen LogP contribution in [0.3, 0.4) is 0 Å². The molecule has 11 rings (SSSR count). The molecule has 0 aliphatic heterocycles. The maximum Gasteiger partial charge on any atom is 0.235 e. The molecule has 0 aliphatic carbocycles. The maximum absolute atomic E-state index is 5.15. The maximum atomic E-state index is 5.15. The van der Waals surface area contributed by atoms with Crippen molar-refractivity contribution in [2.45, 2.75) is 0 Å². The molecule has 0 saturated carbocycles. The van der Waals surface area contributed by atoms with Crippen molar-refractivity contribution in [2.75, 3.05) is 0 Å². The van der Waals surface area contributed by atoms with Crippen molar-refractivity contribution < 1.29 is 0 Å². The number of hydrogen-bond acceptors (Lipinski definition) is 6. The highest BCUT2D eigenvalue weighted by Crippen LogP contribution is 2.41. The Morgan fingerprint density at radius 2 is 1.16 bits per heavy atom. The minimum absolute atomic E-state index is 0.586. The lowest BCUT2D eigenvalue weighted by atomic mass is 10.1. The molecule has 8 heteroatoms. The SMILES string of the molecule is c1cncc(-c2cc(-c3cccnc3)nc(-n3c4ccccc4c4cc(-n5c6cc7sc8ccccc8c7cc6c6ncccc65)ccc43)n2)c1. The summed E-state index contributed by atoms with van der Waals surface area (Å²) in [5.74, 6) is 0.586. The molecule has 7 heterocycles. The molecule has 0 atom stereocenters. The molecule has 0 amide bonds. The third-order valence-electron chi connectivity index (χ3n) is 9.76. The Bertz CT molecular complexity index is 3080. The van der Waals surface area contributed by atoms with Crippen LogP contribution in [0.25, 0.3) is 98.1 Å². The molecule has 4 aromatic carbocycles. The van der Waals surface area contributed by atoms with Gasteiger partial charge in [0.1, 0.15) is 0 Å². The summed E-state index contributed by atoms with van der Waals surface area (Å²) in [7, 11) is 0. The predicted molar refractivity (Wildman–Crippen MR) is 208 cm³/mol. The van der Waals surface area contributed by atoms with E-state index in [-0.39, 0.29) is 0 Å². The number of benzene rings is 4. The highest BCUT2D eigenvalue weighted by Gasteiger charge is 2.20. The fraction of sp³-hybridized carbons (Fsp3) is 0. The summed E-state index contributed by atoms with van der Waals surface area (Å²) in [6.07, 6.45) is 9.11. The zero-order valence-corrected chi connectivity index (χ0v) is 27.8. The van der Waals surface area contributed by atoms with Gasteiger partial charge in [-0.3, -0.25) is 19.5 Å². The van der Waals surface area contributed by atoms with Crippen LogP contribution in [0.1, 0.15) is 0 Å². The number of hydrogen-bond donors (Lipinski definition) is 0. The van der Waals surface area contributed by atoms with Gasteiger partial charge in [0.2, 0.25) is 5.95 Å². The molecular weight excluding hydrogens is 647 g/mol. The number of rotatable bonds is 4. The largest absolute Gasteiger partial charge is 0.308 e. The lowest BCUT2D eigenvalue weighted by Crippen LogP contribution is -2.04. The first-order valence-electron chi connectivity index (χ1n) is 16.7. The minimum atomic E-state index is 0.586. The second-order valence-corrected chi connectivity index (χ2v) is 13.7. The molecule has 0 unspecified atom stereocenters. The van der Waals surface area contributed by atoms with Gasteiger partial charge in [-0.25, -0.2) is 9.97 Å². The van der Waals surface area contributed by atoms with Gasteiger partial charge in [-0.15, -0.1) is 11.3 Å². The Balaban J connectivity index is 1.17. The van der Waals surface area contributed by atoms with Gasteiger partial charge in [0, 0.05) is 84.1 Å². The van der Waals surface area contributed by atoms with Crippen molar-refractivity contribution in [2.24, 2.45) is 0 Å². The van der Waals surface area contributed by atoms with Crippen molar-refractivity contribution in [3.8, 4) is 34.2 Å². The first-order valence-corrected chi connectivity index (χ1v) is 17.5. The molecule has 0 saturated heterocycles. The van der Waals surface area contributed by atoms with Crippen LogP contribution in [0.15, 0.2) is 152 Å². The molecule has 0 aliphatic rings. The van der Waals surface area contributed by atoms with Gasteiger partial charge in [0.25, 0.3) is 0 Å². The van der Waals surface area contributed by atoms with Gasteiger partial charge >= 0.3 is 0 Å². The van der Waals surface area contributed by atoms with E-state index < -0.39 is 0 Å². The van der Waals surface area contributed by atoms with Crippen molar-refractivity contribution >= 4 is 75.3 Å². The third-order valence-corrected chi connectivity index (χ3v) is 10.9. The monoisotopic (exact) mass is 671 g/mol. The molecule has 0 N–H and O–H groups in total. The van der Waals surface area contributed by atoms with Crippen molar-refractivity contribution in [1.29, 1.82) is 0 Å². The van der Waals surface area contributed by atoms with E-state index in [0.29, 0.717) is 5.95 Å². The predicted octanol–water partition coefficient (Wildman–Crippen LogP) is 10.6. The minimum Gasteiger partial charge on any atom is -0.308 e. The Morgan fingerprint density at radius 3 is 1.94 bits per heavy atom. The lowest BCUT2D eigenvalue weighted by molar-refractivity contribution is 0.994. The number of nitrogens with zero attached hydrogens (tertiary/aromatic N) is 7. The molecule has 11 aromatic rings. The van der Waals surface area contributed by atoms with Crippen LogP contribution >= 0.6 is 11.3 Å². The van der Waals surface area contributed by atoms with E-state index in [1.165, 1.54) is 20.2 Å². The average Bonchev–Trinajstić information content (AvgIpc) is 3.84. The fourth-order valence-corrected chi connectivity index (χ4v) is 8.62. The second kappa shape index (κ2) is 10.9. The number of pyridine rings is 3. The van der Waals surface area contributed by atoms with E-state index in [1.807, 2.05) is 66.3 Å². The van der Waals surface area contributed by atoms with Crippen LogP contribution in [0.4, 0.5) is 0 Å². The van der Waals surface area contributed by atoms with Crippen LogP contribution in [0, 0.1) is 0 Å². The fourth-order valence-electron chi connectivity index (χ4n) is 7.50. The normalized spacial score (nSPS) is 11.9. The zero-order valence-electron chi connectivity index (χ0n) is 27.0. The summed E-state index contributed by atoms with van der Waals surface area (Å²) in [5, 5.41) is 5.94. The molecule has 0 spiro atoms. The summed E-state index contributed by atoms with van der Waals surface area (Å²) in [6, 6.07) is 42.6. The first kappa shape index (κ1) is 28.1. The Kier molecular flexibility index (Phi) is 5.99. The molecule has 51 heavy (non-hydrogen) atoms. The van der Waals surface area contributed by atoms with E-state index in [4.69, 9.17) is 15.0 Å². The second-order valence-electron chi connectivity index (χ2n) is 12.6. The van der Waals surface area contributed by atoms with Crippen LogP contribution in [0.2, 0.25) is 0 Å². The molecule has 7 nitrogen and oxygen atoms in total. The van der Waals surface area contributed by atoms with E-state index in [9.17, 15) is 0 Å². The number of thiophene rings is 1. The number of fused-ring (bicyclic) bond motifs is 9. The van der Waals surface area contributed by atoms with Gasteiger partial charge in [-0.2, -0.15) is 0 Å². The van der Waals surface area contributed by atoms with Crippen LogP contribution < -0.4 is 0 Å². The summed E-state index contributed by atoms with van der Waals surface area (Å²) < 4.78 is 7.08. The Labute approximate surface area is 294 Å². The van der Waals surface area contributed by atoms with Gasteiger partial charge in [-0.05, 0) is 84.9 Å². The molecule has 238 valence electrons. The van der Waals surface area contributed by atoms with Gasteiger partial charge < -0.3 is 4.57 Å². The highest BCUT2D eigenvalue weighted by atomic mass is 32.1. The molecular formula is C43H25N7S. The zero-order chi connectivity index (χ0) is 33.5. The Morgan fingerprint density at radius 1 is 0.451 bits per heavy atom. The summed E-state index contributed by atoms with van der Waals surface area (Å²) in [6.45, 7) is 0. The number of para-hydroxylation sites is 1. The number of aromatic nitrogens is 7. The van der Waals surface area contributed by atoms with Gasteiger partial charge in [0.05, 0.1) is 39.0 Å². The summed E-state index contributed by atoms with van der Waals surface area (Å²) in [5.41, 5.74) is 9.75. The van der Waals surface area contributed by atoms with Crippen molar-refractivity contribution in [3.05, 3.63) is 152 Å². The molecule has 0 fully saturated rings. The van der Waals surface area contributed by atoms with Crippen LogP contribution in [0.5, 0.6) is 0 Å². The average molecular weight is 672 g/mol. The van der Waals surface area contributed by atoms with E-state index in [1.54, 1.807) is 12.4 Å². The van der Waals surface area contributed by atoms with E-state index in [0.717, 1.165) is 71.9 Å². The topological polar surface area (TPSA) is 74.3 Å².